The fourth-order valence-corrected chi connectivity index (χ4v) is 2.88. The Balaban J connectivity index is 1.82. The maximum absolute atomic E-state index is 8.77. The summed E-state index contributed by atoms with van der Waals surface area (Å²) < 4.78 is 0. The molecule has 114 valence electrons. The topological polar surface area (TPSA) is 92.0 Å². The number of hydrogen-bond donors (Lipinski definition) is 2. The lowest BCUT2D eigenvalue weighted by Gasteiger charge is -2.31. The number of nitriles is 1. The maximum atomic E-state index is 8.77. The molecule has 3 rings (SSSR count). The summed E-state index contributed by atoms with van der Waals surface area (Å²) >= 11 is 0. The minimum atomic E-state index is 0.176. The molecule has 0 bridgehead atoms. The molecule has 0 atom stereocenters. The van der Waals surface area contributed by atoms with Crippen LogP contribution in [0.2, 0.25) is 0 Å². The predicted octanol–water partition coefficient (Wildman–Crippen LogP) is 1.87. The zero-order valence-corrected chi connectivity index (χ0v) is 12.8. The number of fused-ring (bicyclic) bond motifs is 1. The van der Waals surface area contributed by atoms with E-state index in [1.807, 2.05) is 19.2 Å². The first-order valence-electron chi connectivity index (χ1n) is 7.64. The van der Waals surface area contributed by atoms with Crippen LogP contribution in [0, 0.1) is 11.3 Å². The standard InChI is InChI=1S/C17H21N5/c1-11(6-15(19)8-18)17(20)22-5-4-16-14(10-22)7-13(9-21-16)12-2-3-12/h6-7,9,12H,2-5,10,19-20H2,1H3/b15-6-,17-11+. The van der Waals surface area contributed by atoms with Gasteiger partial charge in [0.25, 0.3) is 0 Å². The fraction of sp³-hybridized carbons (Fsp3) is 0.412. The normalized spacial score (nSPS) is 19.3. The van der Waals surface area contributed by atoms with Crippen LogP contribution in [-0.4, -0.2) is 16.4 Å². The Hall–Kier alpha value is -2.48. The van der Waals surface area contributed by atoms with Gasteiger partial charge in [-0.2, -0.15) is 5.26 Å². The molecule has 2 aliphatic rings. The van der Waals surface area contributed by atoms with E-state index in [2.05, 4.69) is 16.0 Å². The molecule has 0 amide bonds. The van der Waals surface area contributed by atoms with Crippen LogP contribution in [0.25, 0.3) is 0 Å². The molecule has 1 aliphatic heterocycles. The zero-order valence-electron chi connectivity index (χ0n) is 12.8. The average molecular weight is 295 g/mol. The van der Waals surface area contributed by atoms with E-state index in [0.29, 0.717) is 11.7 Å². The van der Waals surface area contributed by atoms with Gasteiger partial charge in [0.1, 0.15) is 17.6 Å². The number of aromatic nitrogens is 1. The number of hydrogen-bond acceptors (Lipinski definition) is 5. The van der Waals surface area contributed by atoms with Crippen molar-refractivity contribution in [2.24, 2.45) is 11.5 Å². The summed E-state index contributed by atoms with van der Waals surface area (Å²) in [5, 5.41) is 8.77. The molecular weight excluding hydrogens is 274 g/mol. The van der Waals surface area contributed by atoms with Gasteiger partial charge < -0.3 is 16.4 Å². The molecule has 0 aromatic carbocycles. The number of nitrogens with zero attached hydrogens (tertiary/aromatic N) is 3. The van der Waals surface area contributed by atoms with Crippen molar-refractivity contribution in [2.45, 2.75) is 38.6 Å². The van der Waals surface area contributed by atoms with E-state index in [0.717, 1.165) is 25.1 Å². The van der Waals surface area contributed by atoms with Gasteiger partial charge in [-0.15, -0.1) is 0 Å². The lowest BCUT2D eigenvalue weighted by molar-refractivity contribution is 0.313. The van der Waals surface area contributed by atoms with Gasteiger partial charge in [0, 0.05) is 31.4 Å². The molecule has 1 aromatic heterocycles. The Morgan fingerprint density at radius 3 is 2.91 bits per heavy atom. The van der Waals surface area contributed by atoms with Crippen molar-refractivity contribution in [1.29, 1.82) is 5.26 Å². The molecule has 0 unspecified atom stereocenters. The van der Waals surface area contributed by atoms with Crippen molar-refractivity contribution >= 4 is 0 Å². The van der Waals surface area contributed by atoms with Crippen molar-refractivity contribution in [2.75, 3.05) is 6.54 Å². The van der Waals surface area contributed by atoms with E-state index < -0.39 is 0 Å². The van der Waals surface area contributed by atoms with Crippen LogP contribution in [0.15, 0.2) is 35.4 Å². The first-order chi connectivity index (χ1) is 10.6. The van der Waals surface area contributed by atoms with Crippen LogP contribution < -0.4 is 11.5 Å². The van der Waals surface area contributed by atoms with Crippen LogP contribution in [0.4, 0.5) is 0 Å². The summed E-state index contributed by atoms with van der Waals surface area (Å²) in [6, 6.07) is 4.20. The van der Waals surface area contributed by atoms with E-state index in [-0.39, 0.29) is 5.70 Å². The van der Waals surface area contributed by atoms with Gasteiger partial charge >= 0.3 is 0 Å². The summed E-state index contributed by atoms with van der Waals surface area (Å²) in [4.78, 5) is 6.76. The Labute approximate surface area is 130 Å². The lowest BCUT2D eigenvalue weighted by Crippen LogP contribution is -2.34. The molecule has 1 saturated carbocycles. The fourth-order valence-electron chi connectivity index (χ4n) is 2.88. The third kappa shape index (κ3) is 2.91. The second kappa shape index (κ2) is 5.72. The van der Waals surface area contributed by atoms with Crippen molar-refractivity contribution in [3.05, 3.63) is 52.3 Å². The zero-order chi connectivity index (χ0) is 15.7. The monoisotopic (exact) mass is 295 g/mol. The molecule has 1 aliphatic carbocycles. The summed E-state index contributed by atoms with van der Waals surface area (Å²) in [6.07, 6.45) is 7.12. The summed E-state index contributed by atoms with van der Waals surface area (Å²) in [5.74, 6) is 1.39. The summed E-state index contributed by atoms with van der Waals surface area (Å²) in [5.41, 5.74) is 16.6. The highest BCUT2D eigenvalue weighted by Gasteiger charge is 2.26. The van der Waals surface area contributed by atoms with Crippen molar-refractivity contribution in [3.8, 4) is 6.07 Å². The van der Waals surface area contributed by atoms with Gasteiger partial charge in [-0.25, -0.2) is 0 Å². The second-order valence-electron chi connectivity index (χ2n) is 6.10. The van der Waals surface area contributed by atoms with Gasteiger partial charge in [-0.05, 0) is 48.5 Å². The molecule has 2 heterocycles. The van der Waals surface area contributed by atoms with E-state index in [9.17, 15) is 0 Å². The lowest BCUT2D eigenvalue weighted by atomic mass is 10.0. The Morgan fingerprint density at radius 2 is 2.23 bits per heavy atom. The molecule has 4 N–H and O–H groups in total. The Kier molecular flexibility index (Phi) is 3.76. The molecule has 5 nitrogen and oxygen atoms in total. The summed E-state index contributed by atoms with van der Waals surface area (Å²) in [7, 11) is 0. The average Bonchev–Trinajstić information content (AvgIpc) is 3.37. The smallest absolute Gasteiger partial charge is 0.117 e. The minimum Gasteiger partial charge on any atom is -0.390 e. The minimum absolute atomic E-state index is 0.176. The van der Waals surface area contributed by atoms with Crippen LogP contribution in [0.1, 0.15) is 42.5 Å². The Bertz CT molecular complexity index is 691. The highest BCUT2D eigenvalue weighted by molar-refractivity contribution is 5.34. The maximum Gasteiger partial charge on any atom is 0.117 e. The van der Waals surface area contributed by atoms with E-state index in [4.69, 9.17) is 16.7 Å². The number of rotatable bonds is 3. The van der Waals surface area contributed by atoms with Crippen molar-refractivity contribution in [1.82, 2.24) is 9.88 Å². The molecule has 22 heavy (non-hydrogen) atoms. The van der Waals surface area contributed by atoms with Crippen LogP contribution in [0.3, 0.4) is 0 Å². The molecule has 0 radical (unpaired) electrons. The van der Waals surface area contributed by atoms with E-state index >= 15 is 0 Å². The molecule has 1 aromatic rings. The highest BCUT2D eigenvalue weighted by atomic mass is 15.2. The summed E-state index contributed by atoms with van der Waals surface area (Å²) in [6.45, 7) is 3.49. The van der Waals surface area contributed by atoms with Crippen molar-refractivity contribution < 1.29 is 0 Å². The predicted molar refractivity (Wildman–Crippen MR) is 85.1 cm³/mol. The largest absolute Gasteiger partial charge is 0.390 e. The van der Waals surface area contributed by atoms with Crippen LogP contribution in [0.5, 0.6) is 0 Å². The molecular formula is C17H21N5. The van der Waals surface area contributed by atoms with Crippen LogP contribution in [-0.2, 0) is 13.0 Å². The van der Waals surface area contributed by atoms with Gasteiger partial charge in [0.05, 0.1) is 0 Å². The van der Waals surface area contributed by atoms with Crippen LogP contribution >= 0.6 is 0 Å². The molecule has 0 spiro atoms. The highest BCUT2D eigenvalue weighted by Crippen LogP contribution is 2.40. The quantitative estimate of drug-likeness (QED) is 0.656. The Morgan fingerprint density at radius 1 is 1.45 bits per heavy atom. The van der Waals surface area contributed by atoms with E-state index in [1.165, 1.54) is 29.7 Å². The third-order valence-electron chi connectivity index (χ3n) is 4.36. The van der Waals surface area contributed by atoms with E-state index in [1.54, 1.807) is 6.08 Å². The van der Waals surface area contributed by atoms with Gasteiger partial charge in [0.15, 0.2) is 0 Å². The van der Waals surface area contributed by atoms with Gasteiger partial charge in [0.2, 0.25) is 0 Å². The number of nitrogens with two attached hydrogens (primary N) is 2. The second-order valence-corrected chi connectivity index (χ2v) is 6.10. The first-order valence-corrected chi connectivity index (χ1v) is 7.64. The van der Waals surface area contributed by atoms with Gasteiger partial charge in [-0.3, -0.25) is 4.98 Å². The molecule has 0 saturated heterocycles. The molecule has 5 heteroatoms. The SMILES string of the molecule is CC(/C=C(\N)C#N)=C(/N)N1CCc2ncc(C3CC3)cc2C1. The van der Waals surface area contributed by atoms with Crippen molar-refractivity contribution in [3.63, 3.8) is 0 Å². The first kappa shape index (κ1) is 14.5. The molecule has 1 fully saturated rings. The number of allylic oxidation sites excluding steroid dienone is 3. The third-order valence-corrected chi connectivity index (χ3v) is 4.36. The number of pyridine rings is 1. The van der Waals surface area contributed by atoms with Gasteiger partial charge in [-0.1, -0.05) is 6.07 Å².